The summed E-state index contributed by atoms with van der Waals surface area (Å²) in [5.41, 5.74) is 2.57. The van der Waals surface area contributed by atoms with Gasteiger partial charge in [-0.2, -0.15) is 0 Å². The van der Waals surface area contributed by atoms with Gasteiger partial charge in [0, 0.05) is 19.4 Å². The summed E-state index contributed by atoms with van der Waals surface area (Å²) < 4.78 is 0. The molecule has 3 saturated carbocycles. The Morgan fingerprint density at radius 3 is 2.53 bits per heavy atom. The second kappa shape index (κ2) is 8.23. The lowest BCUT2D eigenvalue weighted by molar-refractivity contribution is -0.127. The van der Waals surface area contributed by atoms with E-state index in [0.29, 0.717) is 40.3 Å². The van der Waals surface area contributed by atoms with E-state index in [2.05, 4.69) is 52.8 Å². The van der Waals surface area contributed by atoms with Crippen LogP contribution >= 0.6 is 0 Å². The summed E-state index contributed by atoms with van der Waals surface area (Å²) in [6, 6.07) is 0. The third-order valence-corrected chi connectivity index (χ3v) is 10.5. The molecule has 0 spiro atoms. The Hall–Kier alpha value is -0.890. The van der Waals surface area contributed by atoms with E-state index >= 15 is 0 Å². The van der Waals surface area contributed by atoms with Crippen molar-refractivity contribution in [3.63, 3.8) is 0 Å². The molecule has 3 fully saturated rings. The molecule has 0 unspecified atom stereocenters. The maximum Gasteiger partial charge on any atom is 0.133 e. The van der Waals surface area contributed by atoms with Crippen LogP contribution in [-0.2, 0) is 4.79 Å². The molecule has 9 atom stereocenters. The number of rotatable bonds is 5. The number of carbonyl (C=O) groups excluding carboxylic acids is 1. The third-order valence-electron chi connectivity index (χ3n) is 10.5. The number of Topliss-reactive ketones (excluding diaryl/α,β-unsaturated/α-hetero) is 1. The SMILES string of the molecule is C[C@H](/C=C/[C@H](C)[C@H](C)CO)[C@H]1CC[C@H]2C3=CC[C@H]4CC(=O)CC[C@]4(C)[C@H]3CC[C@]12C. The van der Waals surface area contributed by atoms with Crippen LogP contribution in [0.5, 0.6) is 0 Å². The van der Waals surface area contributed by atoms with Crippen LogP contribution in [0, 0.1) is 52.3 Å². The van der Waals surface area contributed by atoms with E-state index in [0.717, 1.165) is 43.4 Å². The number of fused-ring (bicyclic) bond motifs is 5. The zero-order valence-electron chi connectivity index (χ0n) is 20.0. The first-order valence-corrected chi connectivity index (χ1v) is 12.7. The predicted molar refractivity (Wildman–Crippen MR) is 124 cm³/mol. The summed E-state index contributed by atoms with van der Waals surface area (Å²) in [5, 5.41) is 9.45. The highest BCUT2D eigenvalue weighted by Crippen LogP contribution is 2.66. The lowest BCUT2D eigenvalue weighted by Crippen LogP contribution is -2.49. The number of allylic oxidation sites excluding steroid dienone is 4. The van der Waals surface area contributed by atoms with E-state index in [4.69, 9.17) is 0 Å². The predicted octanol–water partition coefficient (Wildman–Crippen LogP) is 6.59. The third kappa shape index (κ3) is 3.55. The van der Waals surface area contributed by atoms with E-state index in [9.17, 15) is 9.90 Å². The van der Waals surface area contributed by atoms with Crippen LogP contribution in [-0.4, -0.2) is 17.5 Å². The fourth-order valence-corrected chi connectivity index (χ4v) is 8.05. The Morgan fingerprint density at radius 1 is 1.07 bits per heavy atom. The van der Waals surface area contributed by atoms with Gasteiger partial charge in [0.1, 0.15) is 5.78 Å². The van der Waals surface area contributed by atoms with Crippen molar-refractivity contribution in [1.82, 2.24) is 0 Å². The minimum absolute atomic E-state index is 0.268. The molecule has 0 heterocycles. The largest absolute Gasteiger partial charge is 0.396 e. The second-order valence-electron chi connectivity index (χ2n) is 12.0. The van der Waals surface area contributed by atoms with E-state index in [1.807, 2.05) is 0 Å². The molecule has 0 aromatic carbocycles. The van der Waals surface area contributed by atoms with Crippen molar-refractivity contribution in [2.75, 3.05) is 6.61 Å². The highest BCUT2D eigenvalue weighted by Gasteiger charge is 2.58. The van der Waals surface area contributed by atoms with Gasteiger partial charge in [0.05, 0.1) is 0 Å². The highest BCUT2D eigenvalue weighted by molar-refractivity contribution is 5.79. The quantitative estimate of drug-likeness (QED) is 0.517. The minimum Gasteiger partial charge on any atom is -0.396 e. The van der Waals surface area contributed by atoms with Gasteiger partial charge in [0.2, 0.25) is 0 Å². The first-order chi connectivity index (χ1) is 14.2. The number of ketones is 1. The van der Waals surface area contributed by atoms with E-state index < -0.39 is 0 Å². The monoisotopic (exact) mass is 412 g/mol. The van der Waals surface area contributed by atoms with E-state index in [-0.39, 0.29) is 6.61 Å². The Kier molecular flexibility index (Phi) is 6.12. The molecule has 0 aromatic rings. The van der Waals surface area contributed by atoms with Crippen molar-refractivity contribution in [3.8, 4) is 0 Å². The van der Waals surface area contributed by atoms with Crippen LogP contribution in [0.3, 0.4) is 0 Å². The van der Waals surface area contributed by atoms with Crippen LogP contribution in [0.15, 0.2) is 23.8 Å². The van der Waals surface area contributed by atoms with Crippen LogP contribution in [0.2, 0.25) is 0 Å². The van der Waals surface area contributed by atoms with Gasteiger partial charge < -0.3 is 5.11 Å². The van der Waals surface area contributed by atoms with Gasteiger partial charge in [-0.3, -0.25) is 4.79 Å². The summed E-state index contributed by atoms with van der Waals surface area (Å²) in [7, 11) is 0. The van der Waals surface area contributed by atoms with Gasteiger partial charge in [-0.15, -0.1) is 0 Å². The van der Waals surface area contributed by atoms with Crippen molar-refractivity contribution in [1.29, 1.82) is 0 Å². The van der Waals surface area contributed by atoms with Gasteiger partial charge in [-0.05, 0) is 90.8 Å². The van der Waals surface area contributed by atoms with Crippen LogP contribution in [0.1, 0.15) is 86.0 Å². The molecule has 168 valence electrons. The van der Waals surface area contributed by atoms with E-state index in [1.165, 1.54) is 25.7 Å². The smallest absolute Gasteiger partial charge is 0.133 e. The molecule has 4 aliphatic rings. The lowest BCUT2D eigenvalue weighted by Gasteiger charge is -2.57. The number of carbonyl (C=O) groups is 1. The van der Waals surface area contributed by atoms with Gasteiger partial charge in [-0.1, -0.05) is 58.4 Å². The average Bonchev–Trinajstić information content (AvgIpc) is 3.09. The molecule has 30 heavy (non-hydrogen) atoms. The molecular formula is C28H44O2. The summed E-state index contributed by atoms with van der Waals surface area (Å²) >= 11 is 0. The average molecular weight is 413 g/mol. The maximum atomic E-state index is 12.1. The molecule has 1 N–H and O–H groups in total. The molecular weight excluding hydrogens is 368 g/mol. The van der Waals surface area contributed by atoms with Crippen LogP contribution in [0.4, 0.5) is 0 Å². The Balaban J connectivity index is 1.52. The fraction of sp³-hybridized carbons (Fsp3) is 0.821. The molecule has 2 heteroatoms. The topological polar surface area (TPSA) is 37.3 Å². The first kappa shape index (κ1) is 22.3. The number of hydrogen-bond acceptors (Lipinski definition) is 2. The highest BCUT2D eigenvalue weighted by atomic mass is 16.3. The molecule has 0 amide bonds. The molecule has 0 aliphatic heterocycles. The second-order valence-corrected chi connectivity index (χ2v) is 12.0. The zero-order chi connectivity index (χ0) is 21.7. The van der Waals surface area contributed by atoms with Crippen molar-refractivity contribution in [2.45, 2.75) is 86.0 Å². The summed E-state index contributed by atoms with van der Waals surface area (Å²) in [5.74, 6) is 4.69. The van der Waals surface area contributed by atoms with Gasteiger partial charge in [-0.25, -0.2) is 0 Å². The fourth-order valence-electron chi connectivity index (χ4n) is 8.05. The molecule has 4 rings (SSSR count). The Bertz CT molecular complexity index is 720. The van der Waals surface area contributed by atoms with Crippen LogP contribution in [0.25, 0.3) is 0 Å². The standard InChI is InChI=1S/C28H44O2/c1-18(20(3)17-29)6-7-19(2)24-10-11-25-23-9-8-21-16-22(30)12-14-27(21,4)26(23)13-15-28(24,25)5/h6-7,9,18-21,24-26,29H,8,10-17H2,1-5H3/b7-6+/t18-,19+,20+,21-,24+,25-,26-,27-,28+/m0/s1. The number of aliphatic hydroxyl groups excluding tert-OH is 1. The van der Waals surface area contributed by atoms with Gasteiger partial charge in [0.25, 0.3) is 0 Å². The molecule has 0 bridgehead atoms. The summed E-state index contributed by atoms with van der Waals surface area (Å²) in [4.78, 5) is 12.1. The van der Waals surface area contributed by atoms with E-state index in [1.54, 1.807) is 5.57 Å². The molecule has 0 saturated heterocycles. The number of hydrogen-bond donors (Lipinski definition) is 1. The Labute approximate surface area is 184 Å². The van der Waals surface area contributed by atoms with Gasteiger partial charge in [0.15, 0.2) is 0 Å². The summed E-state index contributed by atoms with van der Waals surface area (Å²) in [6.45, 7) is 12.2. The molecule has 4 aliphatic carbocycles. The van der Waals surface area contributed by atoms with Crippen molar-refractivity contribution in [2.24, 2.45) is 52.3 Å². The normalized spacial score (nSPS) is 44.1. The van der Waals surface area contributed by atoms with Gasteiger partial charge >= 0.3 is 0 Å². The summed E-state index contributed by atoms with van der Waals surface area (Å²) in [6.07, 6.45) is 16.7. The maximum absolute atomic E-state index is 12.1. The van der Waals surface area contributed by atoms with Crippen LogP contribution < -0.4 is 0 Å². The molecule has 0 aromatic heterocycles. The van der Waals surface area contributed by atoms with Crippen molar-refractivity contribution >= 4 is 5.78 Å². The lowest BCUT2D eigenvalue weighted by atomic mass is 9.48. The molecule has 0 radical (unpaired) electrons. The first-order valence-electron chi connectivity index (χ1n) is 12.7. The van der Waals surface area contributed by atoms with Crippen molar-refractivity contribution < 1.29 is 9.90 Å². The number of aliphatic hydroxyl groups is 1. The van der Waals surface area contributed by atoms with Crippen molar-refractivity contribution in [3.05, 3.63) is 23.8 Å². The molecule has 2 nitrogen and oxygen atoms in total. The minimum atomic E-state index is 0.268. The Morgan fingerprint density at radius 2 is 1.80 bits per heavy atom. The zero-order valence-corrected chi connectivity index (χ0v) is 20.0.